The predicted octanol–water partition coefficient (Wildman–Crippen LogP) is 5.02. The number of aryl methyl sites for hydroxylation is 1. The molecule has 27 heavy (non-hydrogen) atoms. The zero-order chi connectivity index (χ0) is 19.6. The lowest BCUT2D eigenvalue weighted by Gasteiger charge is -2.37. The van der Waals surface area contributed by atoms with Crippen molar-refractivity contribution in [1.82, 2.24) is 9.80 Å². The Balaban J connectivity index is 1.82. The minimum absolute atomic E-state index is 0.228. The molecule has 0 N–H and O–H groups in total. The first kappa shape index (κ1) is 21.5. The minimum atomic E-state index is -0.228. The van der Waals surface area contributed by atoms with Crippen LogP contribution in [0, 0.1) is 12.8 Å². The molecule has 0 aromatic heterocycles. The summed E-state index contributed by atoms with van der Waals surface area (Å²) < 4.78 is 5.58. The SMILES string of the molecule is C=CCN(C(=O)OCc1ccc(C)cc1)C1CCN(CCC(C)CC)CC1. The van der Waals surface area contributed by atoms with Gasteiger partial charge in [0.25, 0.3) is 0 Å². The van der Waals surface area contributed by atoms with E-state index < -0.39 is 0 Å². The van der Waals surface area contributed by atoms with Crippen molar-refractivity contribution in [3.63, 3.8) is 0 Å². The maximum atomic E-state index is 12.7. The van der Waals surface area contributed by atoms with E-state index in [-0.39, 0.29) is 12.1 Å². The van der Waals surface area contributed by atoms with Crippen LogP contribution >= 0.6 is 0 Å². The van der Waals surface area contributed by atoms with Crippen molar-refractivity contribution >= 4 is 6.09 Å². The van der Waals surface area contributed by atoms with Crippen molar-refractivity contribution in [3.05, 3.63) is 48.0 Å². The van der Waals surface area contributed by atoms with Crippen molar-refractivity contribution in [2.75, 3.05) is 26.2 Å². The van der Waals surface area contributed by atoms with Gasteiger partial charge in [-0.1, -0.05) is 56.2 Å². The van der Waals surface area contributed by atoms with Crippen LogP contribution in [0.1, 0.15) is 50.7 Å². The fraction of sp³-hybridized carbons (Fsp3) is 0.609. The Labute approximate surface area is 165 Å². The van der Waals surface area contributed by atoms with Gasteiger partial charge < -0.3 is 14.5 Å². The van der Waals surface area contributed by atoms with Crippen LogP contribution < -0.4 is 0 Å². The van der Waals surface area contributed by atoms with Crippen LogP contribution in [0.25, 0.3) is 0 Å². The summed E-state index contributed by atoms with van der Waals surface area (Å²) in [6.07, 6.45) is 6.09. The lowest BCUT2D eigenvalue weighted by atomic mass is 10.0. The molecular formula is C23H36N2O2. The van der Waals surface area contributed by atoms with Gasteiger partial charge in [-0.15, -0.1) is 6.58 Å². The molecule has 1 aromatic carbocycles. The van der Waals surface area contributed by atoms with Gasteiger partial charge in [-0.05, 0) is 44.2 Å². The molecule has 4 nitrogen and oxygen atoms in total. The Hall–Kier alpha value is -1.81. The molecule has 2 rings (SSSR count). The van der Waals surface area contributed by atoms with Gasteiger partial charge in [-0.25, -0.2) is 4.79 Å². The molecule has 1 atom stereocenters. The molecule has 0 spiro atoms. The van der Waals surface area contributed by atoms with Gasteiger partial charge in [0.05, 0.1) is 0 Å². The number of likely N-dealkylation sites (tertiary alicyclic amines) is 1. The monoisotopic (exact) mass is 372 g/mol. The van der Waals surface area contributed by atoms with Gasteiger partial charge in [0.15, 0.2) is 0 Å². The molecule has 1 aliphatic rings. The molecule has 0 bridgehead atoms. The molecule has 4 heteroatoms. The van der Waals surface area contributed by atoms with Crippen LogP contribution in [-0.2, 0) is 11.3 Å². The Morgan fingerprint density at radius 2 is 2.00 bits per heavy atom. The average Bonchev–Trinajstić information content (AvgIpc) is 2.70. The average molecular weight is 373 g/mol. The molecule has 0 radical (unpaired) electrons. The van der Waals surface area contributed by atoms with Gasteiger partial charge >= 0.3 is 6.09 Å². The third kappa shape index (κ3) is 7.02. The zero-order valence-electron chi connectivity index (χ0n) is 17.3. The van der Waals surface area contributed by atoms with E-state index >= 15 is 0 Å². The highest BCUT2D eigenvalue weighted by molar-refractivity contribution is 5.68. The second kappa shape index (κ2) is 11.1. The van der Waals surface area contributed by atoms with Crippen LogP contribution in [0.15, 0.2) is 36.9 Å². The Bertz CT molecular complexity index is 577. The lowest BCUT2D eigenvalue weighted by molar-refractivity contribution is 0.0652. The number of rotatable bonds is 9. The first-order valence-electron chi connectivity index (χ1n) is 10.4. The summed E-state index contributed by atoms with van der Waals surface area (Å²) in [7, 11) is 0. The number of amides is 1. The van der Waals surface area contributed by atoms with Crippen LogP contribution in [-0.4, -0.2) is 48.1 Å². The van der Waals surface area contributed by atoms with E-state index in [0.717, 1.165) is 37.4 Å². The van der Waals surface area contributed by atoms with Crippen molar-refractivity contribution in [2.45, 2.75) is 59.1 Å². The largest absolute Gasteiger partial charge is 0.445 e. The molecule has 1 saturated heterocycles. The Morgan fingerprint density at radius 3 is 2.59 bits per heavy atom. The van der Waals surface area contributed by atoms with Gasteiger partial charge in [-0.2, -0.15) is 0 Å². The number of ether oxygens (including phenoxy) is 1. The maximum absolute atomic E-state index is 12.7. The predicted molar refractivity (Wildman–Crippen MR) is 112 cm³/mol. The van der Waals surface area contributed by atoms with E-state index in [9.17, 15) is 4.79 Å². The second-order valence-electron chi connectivity index (χ2n) is 7.86. The summed E-state index contributed by atoms with van der Waals surface area (Å²) in [5.41, 5.74) is 2.23. The highest BCUT2D eigenvalue weighted by Gasteiger charge is 2.28. The highest BCUT2D eigenvalue weighted by Crippen LogP contribution is 2.19. The van der Waals surface area contributed by atoms with Gasteiger partial charge in [0.1, 0.15) is 6.61 Å². The molecule has 1 unspecified atom stereocenters. The smallest absolute Gasteiger partial charge is 0.410 e. The van der Waals surface area contributed by atoms with Crippen LogP contribution in [0.5, 0.6) is 0 Å². The van der Waals surface area contributed by atoms with Gasteiger partial charge in [-0.3, -0.25) is 0 Å². The first-order chi connectivity index (χ1) is 13.0. The number of hydrogen-bond donors (Lipinski definition) is 0. The number of benzene rings is 1. The summed E-state index contributed by atoms with van der Waals surface area (Å²) >= 11 is 0. The fourth-order valence-corrected chi connectivity index (χ4v) is 3.49. The zero-order valence-corrected chi connectivity index (χ0v) is 17.3. The van der Waals surface area contributed by atoms with Gasteiger partial charge in [0, 0.05) is 25.7 Å². The fourth-order valence-electron chi connectivity index (χ4n) is 3.49. The number of carbonyl (C=O) groups is 1. The van der Waals surface area contributed by atoms with Crippen LogP contribution in [0.4, 0.5) is 4.79 Å². The molecular weight excluding hydrogens is 336 g/mol. The van der Waals surface area contributed by atoms with E-state index in [0.29, 0.717) is 13.2 Å². The number of carbonyl (C=O) groups excluding carboxylic acids is 1. The van der Waals surface area contributed by atoms with Crippen molar-refractivity contribution in [3.8, 4) is 0 Å². The first-order valence-corrected chi connectivity index (χ1v) is 10.4. The molecule has 150 valence electrons. The number of hydrogen-bond acceptors (Lipinski definition) is 3. The summed E-state index contributed by atoms with van der Waals surface area (Å²) in [4.78, 5) is 17.0. The quantitative estimate of drug-likeness (QED) is 0.571. The van der Waals surface area contributed by atoms with E-state index in [4.69, 9.17) is 4.74 Å². The summed E-state index contributed by atoms with van der Waals surface area (Å²) in [5.74, 6) is 0.789. The van der Waals surface area contributed by atoms with Crippen molar-refractivity contribution in [2.24, 2.45) is 5.92 Å². The van der Waals surface area contributed by atoms with E-state index in [2.05, 4.69) is 32.3 Å². The molecule has 1 aromatic rings. The minimum Gasteiger partial charge on any atom is -0.445 e. The number of piperidine rings is 1. The standard InChI is InChI=1S/C23H36N2O2/c1-5-14-25(23(26)27-18-21-9-7-20(4)8-10-21)22-12-16-24(17-13-22)15-11-19(3)6-2/h5,7-10,19,22H,1,6,11-18H2,2-4H3. The van der Waals surface area contributed by atoms with Crippen LogP contribution in [0.3, 0.4) is 0 Å². The third-order valence-corrected chi connectivity index (χ3v) is 5.68. The molecule has 1 amide bonds. The normalized spacial score (nSPS) is 16.7. The molecule has 1 fully saturated rings. The summed E-state index contributed by atoms with van der Waals surface area (Å²) in [6, 6.07) is 8.35. The van der Waals surface area contributed by atoms with E-state index in [1.807, 2.05) is 29.2 Å². The van der Waals surface area contributed by atoms with Crippen molar-refractivity contribution < 1.29 is 9.53 Å². The van der Waals surface area contributed by atoms with Crippen molar-refractivity contribution in [1.29, 1.82) is 0 Å². The number of nitrogens with zero attached hydrogens (tertiary/aromatic N) is 2. The van der Waals surface area contributed by atoms with Gasteiger partial charge in [0.2, 0.25) is 0 Å². The summed E-state index contributed by atoms with van der Waals surface area (Å²) in [6.45, 7) is 14.6. The topological polar surface area (TPSA) is 32.8 Å². The Morgan fingerprint density at radius 1 is 1.33 bits per heavy atom. The van der Waals surface area contributed by atoms with E-state index in [1.54, 1.807) is 6.08 Å². The molecule has 1 aliphatic heterocycles. The molecule has 0 aliphatic carbocycles. The Kier molecular flexibility index (Phi) is 8.86. The van der Waals surface area contributed by atoms with Crippen LogP contribution in [0.2, 0.25) is 0 Å². The second-order valence-corrected chi connectivity index (χ2v) is 7.86. The lowest BCUT2D eigenvalue weighted by Crippen LogP contribution is -2.47. The molecule has 0 saturated carbocycles. The molecule has 1 heterocycles. The highest BCUT2D eigenvalue weighted by atomic mass is 16.6. The maximum Gasteiger partial charge on any atom is 0.410 e. The summed E-state index contributed by atoms with van der Waals surface area (Å²) in [5, 5.41) is 0. The van der Waals surface area contributed by atoms with E-state index in [1.165, 1.54) is 24.9 Å². The third-order valence-electron chi connectivity index (χ3n) is 5.68.